The van der Waals surface area contributed by atoms with Crippen LogP contribution in [0.3, 0.4) is 0 Å². The van der Waals surface area contributed by atoms with Crippen molar-refractivity contribution >= 4 is 61.6 Å². The Morgan fingerprint density at radius 2 is 2.07 bits per heavy atom. The summed E-state index contributed by atoms with van der Waals surface area (Å²) in [5.41, 5.74) is 0.559. The summed E-state index contributed by atoms with van der Waals surface area (Å²) in [4.78, 5) is 30.9. The van der Waals surface area contributed by atoms with Gasteiger partial charge in [-0.25, -0.2) is 9.78 Å². The highest BCUT2D eigenvalue weighted by atomic mass is 79.9. The van der Waals surface area contributed by atoms with Gasteiger partial charge in [0.15, 0.2) is 5.13 Å². The molecule has 3 heterocycles. The minimum absolute atomic E-state index is 0.0259. The summed E-state index contributed by atoms with van der Waals surface area (Å²) in [5, 5.41) is 2.98. The second-order valence-electron chi connectivity index (χ2n) is 6.90. The van der Waals surface area contributed by atoms with Crippen molar-refractivity contribution in [2.75, 3.05) is 29.9 Å². The van der Waals surface area contributed by atoms with Gasteiger partial charge in [-0.1, -0.05) is 38.9 Å². The molecule has 4 rings (SSSR count). The highest BCUT2D eigenvalue weighted by Gasteiger charge is 2.53. The molecule has 2 aliphatic heterocycles. The third-order valence-electron chi connectivity index (χ3n) is 5.10. The number of carbonyl (C=O) groups is 2. The molecule has 1 fully saturated rings. The monoisotopic (exact) mass is 508 g/mol. The predicted molar refractivity (Wildman–Crippen MR) is 107 cm³/mol. The van der Waals surface area contributed by atoms with Crippen LogP contribution >= 0.6 is 38.9 Å². The topological polar surface area (TPSA) is 65.5 Å². The summed E-state index contributed by atoms with van der Waals surface area (Å²) in [7, 11) is 0. The van der Waals surface area contributed by atoms with Gasteiger partial charge in [-0.3, -0.25) is 15.0 Å². The molecule has 0 radical (unpaired) electrons. The van der Waals surface area contributed by atoms with Crippen LogP contribution in [0.1, 0.15) is 12.0 Å². The highest BCUT2D eigenvalue weighted by molar-refractivity contribution is 9.10. The summed E-state index contributed by atoms with van der Waals surface area (Å²) < 4.78 is 39.8. The van der Waals surface area contributed by atoms with Crippen molar-refractivity contribution in [3.05, 3.63) is 38.8 Å². The van der Waals surface area contributed by atoms with Crippen molar-refractivity contribution in [3.63, 3.8) is 0 Å². The molecule has 3 amide bonds. The van der Waals surface area contributed by atoms with Crippen LogP contribution in [0.15, 0.2) is 28.9 Å². The minimum atomic E-state index is -4.93. The molecule has 1 aromatic carbocycles. The Bertz CT molecular complexity index is 1000. The maximum atomic E-state index is 12.9. The van der Waals surface area contributed by atoms with Crippen LogP contribution in [0.4, 0.5) is 28.8 Å². The maximum Gasteiger partial charge on any atom is 0.471 e. The summed E-state index contributed by atoms with van der Waals surface area (Å²) >= 11 is 10.3. The zero-order valence-electron chi connectivity index (χ0n) is 14.6. The molecular weight excluding hydrogens is 497 g/mol. The molecule has 1 saturated heterocycles. The number of anilines is 2. The van der Waals surface area contributed by atoms with E-state index in [9.17, 15) is 22.8 Å². The smallest absolute Gasteiger partial charge is 0.334 e. The Morgan fingerprint density at radius 3 is 2.72 bits per heavy atom. The van der Waals surface area contributed by atoms with E-state index >= 15 is 0 Å². The first kappa shape index (κ1) is 20.4. The average molecular weight is 510 g/mol. The van der Waals surface area contributed by atoms with Crippen molar-refractivity contribution in [3.8, 4) is 0 Å². The fraction of sp³-hybridized carbons (Fsp3) is 0.353. The van der Waals surface area contributed by atoms with Crippen LogP contribution in [0, 0.1) is 0 Å². The Hall–Kier alpha value is -1.85. The number of thiazole rings is 1. The lowest BCUT2D eigenvalue weighted by atomic mass is 9.81. The van der Waals surface area contributed by atoms with E-state index in [1.54, 1.807) is 18.2 Å². The average Bonchev–Trinajstić information content (AvgIpc) is 3.33. The number of nitrogens with one attached hydrogen (secondary N) is 1. The minimum Gasteiger partial charge on any atom is -0.334 e. The Kier molecular flexibility index (Phi) is 5.02. The second-order valence-corrected chi connectivity index (χ2v) is 9.48. The molecule has 1 atom stereocenters. The largest absolute Gasteiger partial charge is 0.471 e. The van der Waals surface area contributed by atoms with Crippen LogP contribution in [0.5, 0.6) is 0 Å². The SMILES string of the molecule is O=C(Nc1ncc(Cl)s1)N1CC2(CCN(C(=O)C(F)(F)F)C2)c2cc(Br)ccc21. The molecule has 0 aliphatic carbocycles. The first-order valence-corrected chi connectivity index (χ1v) is 10.4. The lowest BCUT2D eigenvalue weighted by Gasteiger charge is -2.26. The molecule has 154 valence electrons. The van der Waals surface area contributed by atoms with Crippen LogP contribution in [-0.4, -0.2) is 47.6 Å². The Morgan fingerprint density at radius 1 is 1.31 bits per heavy atom. The van der Waals surface area contributed by atoms with E-state index in [0.29, 0.717) is 21.6 Å². The summed E-state index contributed by atoms with van der Waals surface area (Å²) in [6.45, 7) is 0.0227. The molecule has 12 heteroatoms. The van der Waals surface area contributed by atoms with Gasteiger partial charge >= 0.3 is 18.1 Å². The number of nitrogens with zero attached hydrogens (tertiary/aromatic N) is 3. The Balaban J connectivity index is 1.63. The number of carbonyl (C=O) groups excluding carboxylic acids is 2. The molecule has 1 unspecified atom stereocenters. The van der Waals surface area contributed by atoms with E-state index in [1.807, 2.05) is 0 Å². The van der Waals surface area contributed by atoms with E-state index in [2.05, 4.69) is 26.2 Å². The van der Waals surface area contributed by atoms with Crippen molar-refractivity contribution < 1.29 is 22.8 Å². The van der Waals surface area contributed by atoms with Crippen molar-refractivity contribution in [1.82, 2.24) is 9.88 Å². The molecule has 2 aliphatic rings. The van der Waals surface area contributed by atoms with Gasteiger partial charge in [0, 0.05) is 35.2 Å². The molecular formula is C17H13BrClF3N4O2S. The van der Waals surface area contributed by atoms with Crippen LogP contribution < -0.4 is 10.2 Å². The molecule has 6 nitrogen and oxygen atoms in total. The molecule has 0 bridgehead atoms. The molecule has 2 aromatic rings. The lowest BCUT2D eigenvalue weighted by molar-refractivity contribution is -0.184. The summed E-state index contributed by atoms with van der Waals surface area (Å²) in [6.07, 6.45) is -3.19. The van der Waals surface area contributed by atoms with Crippen LogP contribution in [0.2, 0.25) is 4.34 Å². The molecule has 1 N–H and O–H groups in total. The van der Waals surface area contributed by atoms with Gasteiger partial charge < -0.3 is 4.90 Å². The number of halogens is 5. The number of fused-ring (bicyclic) bond motifs is 2. The summed E-state index contributed by atoms with van der Waals surface area (Å²) in [6, 6.07) is 4.82. The predicted octanol–water partition coefficient (Wildman–Crippen LogP) is 4.64. The third-order valence-corrected chi connectivity index (χ3v) is 6.63. The highest BCUT2D eigenvalue weighted by Crippen LogP contribution is 2.48. The first-order valence-electron chi connectivity index (χ1n) is 8.45. The molecule has 1 aromatic heterocycles. The Labute approximate surface area is 180 Å². The van der Waals surface area contributed by atoms with Gasteiger partial charge in [0.05, 0.1) is 6.20 Å². The van der Waals surface area contributed by atoms with E-state index < -0.39 is 23.5 Å². The second kappa shape index (κ2) is 7.13. The number of hydrogen-bond donors (Lipinski definition) is 1. The van der Waals surface area contributed by atoms with E-state index in [-0.39, 0.29) is 19.6 Å². The molecule has 29 heavy (non-hydrogen) atoms. The number of urea groups is 1. The lowest BCUT2D eigenvalue weighted by Crippen LogP contribution is -2.44. The van der Waals surface area contributed by atoms with Gasteiger partial charge in [0.1, 0.15) is 4.34 Å². The van der Waals surface area contributed by atoms with Crippen molar-refractivity contribution in [2.45, 2.75) is 18.0 Å². The standard InChI is InChI=1S/C17H13BrClF3N4O2S/c18-9-1-2-11-10(5-9)16(3-4-25(7-16)13(27)17(20,21)22)8-26(11)15(28)24-14-23-6-12(19)29-14/h1-2,5-6H,3-4,7-8H2,(H,23,24,28). The van der Waals surface area contributed by atoms with Gasteiger partial charge in [0.2, 0.25) is 0 Å². The summed E-state index contributed by atoms with van der Waals surface area (Å²) in [5.74, 6) is -1.86. The van der Waals surface area contributed by atoms with Crippen LogP contribution in [-0.2, 0) is 10.2 Å². The first-order chi connectivity index (χ1) is 13.6. The fourth-order valence-corrected chi connectivity index (χ4v) is 5.03. The molecule has 0 saturated carbocycles. The quantitative estimate of drug-likeness (QED) is 0.609. The van der Waals surface area contributed by atoms with Gasteiger partial charge in [0.25, 0.3) is 0 Å². The van der Waals surface area contributed by atoms with E-state index in [4.69, 9.17) is 11.6 Å². The number of hydrogen-bond acceptors (Lipinski definition) is 4. The van der Waals surface area contributed by atoms with E-state index in [1.165, 1.54) is 11.1 Å². The normalized spacial score (nSPS) is 21.0. The number of aromatic nitrogens is 1. The number of alkyl halides is 3. The van der Waals surface area contributed by atoms with Gasteiger partial charge in [-0.15, -0.1) is 0 Å². The third kappa shape index (κ3) is 3.71. The van der Waals surface area contributed by atoms with Crippen molar-refractivity contribution in [1.29, 1.82) is 0 Å². The number of amides is 3. The molecule has 1 spiro atoms. The maximum absolute atomic E-state index is 12.9. The van der Waals surface area contributed by atoms with Gasteiger partial charge in [-0.05, 0) is 30.2 Å². The fourth-order valence-electron chi connectivity index (χ4n) is 3.87. The van der Waals surface area contributed by atoms with Crippen LogP contribution in [0.25, 0.3) is 0 Å². The van der Waals surface area contributed by atoms with E-state index in [0.717, 1.165) is 26.3 Å². The van der Waals surface area contributed by atoms with Gasteiger partial charge in [-0.2, -0.15) is 13.2 Å². The number of rotatable bonds is 1. The zero-order valence-corrected chi connectivity index (χ0v) is 17.8. The van der Waals surface area contributed by atoms with Crippen molar-refractivity contribution in [2.24, 2.45) is 0 Å². The number of likely N-dealkylation sites (tertiary alicyclic amines) is 1. The number of benzene rings is 1. The zero-order chi connectivity index (χ0) is 21.0.